The number of aliphatic carboxylic acids is 2. The Kier molecular flexibility index (Phi) is 11.4. The van der Waals surface area contributed by atoms with Crippen LogP contribution in [0.4, 0.5) is 0 Å². The predicted molar refractivity (Wildman–Crippen MR) is 79.8 cm³/mol. The van der Waals surface area contributed by atoms with Gasteiger partial charge in [0.25, 0.3) is 0 Å². The highest BCUT2D eigenvalue weighted by Gasteiger charge is 2.18. The molecule has 0 radical (unpaired) electrons. The third kappa shape index (κ3) is 14.6. The average molecular weight is 304 g/mol. The molecular weight excluding hydrogens is 276 g/mol. The maximum Gasteiger partial charge on any atom is 0.326 e. The molecule has 0 spiro atoms. The third-order valence-electron chi connectivity index (χ3n) is 2.43. The van der Waals surface area contributed by atoms with Gasteiger partial charge < -0.3 is 21.3 Å². The molecule has 0 unspecified atom stereocenters. The molecular formula is C14H28N2O5. The Morgan fingerprint density at radius 1 is 0.952 bits per heavy atom. The van der Waals surface area contributed by atoms with Crippen molar-refractivity contribution in [3.63, 3.8) is 0 Å². The van der Waals surface area contributed by atoms with Crippen molar-refractivity contribution in [2.24, 2.45) is 17.6 Å². The molecule has 0 saturated carbocycles. The van der Waals surface area contributed by atoms with E-state index in [-0.39, 0.29) is 11.8 Å². The highest BCUT2D eigenvalue weighted by Crippen LogP contribution is 2.04. The lowest BCUT2D eigenvalue weighted by Crippen LogP contribution is -2.40. The van der Waals surface area contributed by atoms with E-state index >= 15 is 0 Å². The molecule has 0 aliphatic rings. The van der Waals surface area contributed by atoms with Gasteiger partial charge in [0, 0.05) is 6.92 Å². The Hall–Kier alpha value is -1.63. The zero-order valence-corrected chi connectivity index (χ0v) is 13.4. The smallest absolute Gasteiger partial charge is 0.326 e. The molecule has 0 rings (SSSR count). The lowest BCUT2D eigenvalue weighted by atomic mass is 10.0. The van der Waals surface area contributed by atoms with Crippen molar-refractivity contribution in [1.82, 2.24) is 5.32 Å². The van der Waals surface area contributed by atoms with Gasteiger partial charge in [0.05, 0.1) is 0 Å². The Morgan fingerprint density at radius 2 is 1.38 bits per heavy atom. The lowest BCUT2D eigenvalue weighted by molar-refractivity contribution is -0.142. The van der Waals surface area contributed by atoms with Crippen LogP contribution in [0.5, 0.6) is 0 Å². The average Bonchev–Trinajstić information content (AvgIpc) is 2.26. The standard InChI is InChI=1S/C8H15NO3.C6H13NO2/c1-5(2)4-7(8(11)12)9-6(3)10;1-4(2)3-5(7)6(8)9/h5,7H,4H2,1-3H3,(H,9,10)(H,11,12);4-5H,3,7H2,1-2H3,(H,8,9)/t7-;5-/m00/s1. The highest BCUT2D eigenvalue weighted by molar-refractivity contribution is 5.82. The van der Waals surface area contributed by atoms with E-state index in [1.807, 2.05) is 27.7 Å². The Morgan fingerprint density at radius 3 is 1.57 bits per heavy atom. The van der Waals surface area contributed by atoms with E-state index in [1.165, 1.54) is 6.92 Å². The fraction of sp³-hybridized carbons (Fsp3) is 0.786. The van der Waals surface area contributed by atoms with E-state index in [0.29, 0.717) is 18.8 Å². The van der Waals surface area contributed by atoms with Gasteiger partial charge in [-0.2, -0.15) is 0 Å². The third-order valence-corrected chi connectivity index (χ3v) is 2.43. The number of hydrogen-bond donors (Lipinski definition) is 4. The fourth-order valence-electron chi connectivity index (χ4n) is 1.55. The SMILES string of the molecule is CC(=O)N[C@@H](CC(C)C)C(=O)O.CC(C)C[C@H](N)C(=O)O. The quantitative estimate of drug-likeness (QED) is 0.556. The minimum Gasteiger partial charge on any atom is -0.480 e. The van der Waals surface area contributed by atoms with Crippen molar-refractivity contribution in [3.8, 4) is 0 Å². The number of carboxylic acid groups (broad SMARTS) is 2. The molecule has 0 aliphatic carbocycles. The summed E-state index contributed by atoms with van der Waals surface area (Å²) in [5, 5.41) is 19.3. The molecule has 0 fully saturated rings. The molecule has 0 aromatic carbocycles. The summed E-state index contributed by atoms with van der Waals surface area (Å²) >= 11 is 0. The summed E-state index contributed by atoms with van der Waals surface area (Å²) in [5.74, 6) is -1.57. The number of nitrogens with two attached hydrogens (primary N) is 1. The molecule has 2 atom stereocenters. The number of amides is 1. The fourth-order valence-corrected chi connectivity index (χ4v) is 1.55. The first-order valence-corrected chi connectivity index (χ1v) is 6.95. The van der Waals surface area contributed by atoms with Crippen LogP contribution in [-0.2, 0) is 14.4 Å². The first kappa shape index (κ1) is 21.7. The van der Waals surface area contributed by atoms with E-state index in [9.17, 15) is 14.4 Å². The normalized spacial score (nSPS) is 13.1. The molecule has 0 saturated heterocycles. The molecule has 0 aromatic heterocycles. The van der Waals surface area contributed by atoms with E-state index < -0.39 is 24.0 Å². The molecule has 5 N–H and O–H groups in total. The molecule has 0 aliphatic heterocycles. The second-order valence-electron chi connectivity index (χ2n) is 5.80. The van der Waals surface area contributed by atoms with E-state index in [1.54, 1.807) is 0 Å². The maximum absolute atomic E-state index is 10.6. The van der Waals surface area contributed by atoms with Crippen LogP contribution < -0.4 is 11.1 Å². The predicted octanol–water partition coefficient (Wildman–Crippen LogP) is 1.07. The van der Waals surface area contributed by atoms with Gasteiger partial charge in [0.15, 0.2) is 0 Å². The zero-order valence-electron chi connectivity index (χ0n) is 13.4. The summed E-state index contributed by atoms with van der Waals surface area (Å²) in [6.45, 7) is 9.04. The minimum absolute atomic E-state index is 0.262. The van der Waals surface area contributed by atoms with Crippen molar-refractivity contribution in [2.45, 2.75) is 59.5 Å². The van der Waals surface area contributed by atoms with Crippen LogP contribution in [0.1, 0.15) is 47.5 Å². The number of carbonyl (C=O) groups excluding carboxylic acids is 1. The molecule has 0 bridgehead atoms. The highest BCUT2D eigenvalue weighted by atomic mass is 16.4. The van der Waals surface area contributed by atoms with Crippen molar-refractivity contribution < 1.29 is 24.6 Å². The van der Waals surface area contributed by atoms with Crippen LogP contribution in [0.25, 0.3) is 0 Å². The Balaban J connectivity index is 0. The van der Waals surface area contributed by atoms with Crippen molar-refractivity contribution in [3.05, 3.63) is 0 Å². The molecule has 0 aromatic rings. The van der Waals surface area contributed by atoms with Crippen molar-refractivity contribution in [2.75, 3.05) is 0 Å². The van der Waals surface area contributed by atoms with Crippen molar-refractivity contribution >= 4 is 17.8 Å². The second kappa shape index (κ2) is 11.1. The van der Waals surface area contributed by atoms with Crippen LogP contribution >= 0.6 is 0 Å². The Bertz CT molecular complexity index is 342. The van der Waals surface area contributed by atoms with Gasteiger partial charge in [0.1, 0.15) is 12.1 Å². The van der Waals surface area contributed by atoms with E-state index in [0.717, 1.165) is 0 Å². The molecule has 7 nitrogen and oxygen atoms in total. The van der Waals surface area contributed by atoms with E-state index in [4.69, 9.17) is 15.9 Å². The van der Waals surface area contributed by atoms with Gasteiger partial charge in [-0.1, -0.05) is 27.7 Å². The summed E-state index contributed by atoms with van der Waals surface area (Å²) in [7, 11) is 0. The largest absolute Gasteiger partial charge is 0.480 e. The summed E-state index contributed by atoms with van der Waals surface area (Å²) in [6, 6.07) is -1.44. The number of hydrogen-bond acceptors (Lipinski definition) is 4. The second-order valence-corrected chi connectivity index (χ2v) is 5.80. The van der Waals surface area contributed by atoms with Crippen molar-refractivity contribution in [1.29, 1.82) is 0 Å². The van der Waals surface area contributed by atoms with Crippen LogP contribution in [0.15, 0.2) is 0 Å². The number of nitrogens with one attached hydrogen (secondary N) is 1. The molecule has 7 heteroatoms. The van der Waals surface area contributed by atoms with Crippen LogP contribution in [0.2, 0.25) is 0 Å². The van der Waals surface area contributed by atoms with Gasteiger partial charge in [0.2, 0.25) is 5.91 Å². The topological polar surface area (TPSA) is 130 Å². The summed E-state index contributed by atoms with van der Waals surface area (Å²) in [5.41, 5.74) is 5.22. The molecule has 1 amide bonds. The monoisotopic (exact) mass is 304 g/mol. The molecule has 124 valence electrons. The number of rotatable bonds is 7. The lowest BCUT2D eigenvalue weighted by Gasteiger charge is -2.14. The first-order chi connectivity index (χ1) is 9.47. The molecule has 0 heterocycles. The van der Waals surface area contributed by atoms with Gasteiger partial charge in [-0.15, -0.1) is 0 Å². The summed E-state index contributed by atoms with van der Waals surface area (Å²) in [4.78, 5) is 31.2. The zero-order chi connectivity index (χ0) is 17.2. The van der Waals surface area contributed by atoms with Gasteiger partial charge >= 0.3 is 11.9 Å². The van der Waals surface area contributed by atoms with Crippen LogP contribution in [0, 0.1) is 11.8 Å². The van der Waals surface area contributed by atoms with Crippen LogP contribution in [-0.4, -0.2) is 40.1 Å². The first-order valence-electron chi connectivity index (χ1n) is 6.95. The van der Waals surface area contributed by atoms with Gasteiger partial charge in [-0.05, 0) is 24.7 Å². The van der Waals surface area contributed by atoms with Gasteiger partial charge in [-0.25, -0.2) is 4.79 Å². The Labute approximate surface area is 125 Å². The summed E-state index contributed by atoms with van der Waals surface area (Å²) < 4.78 is 0. The minimum atomic E-state index is -0.973. The number of carbonyl (C=O) groups is 3. The van der Waals surface area contributed by atoms with Gasteiger partial charge in [-0.3, -0.25) is 9.59 Å². The van der Waals surface area contributed by atoms with E-state index in [2.05, 4.69) is 5.32 Å². The number of carboxylic acids is 2. The maximum atomic E-state index is 10.6. The molecule has 21 heavy (non-hydrogen) atoms. The summed E-state index contributed by atoms with van der Waals surface area (Å²) in [6.07, 6.45) is 1.02. The van der Waals surface area contributed by atoms with Crippen LogP contribution in [0.3, 0.4) is 0 Å².